The van der Waals surface area contributed by atoms with Gasteiger partial charge in [0.25, 0.3) is 0 Å². The van der Waals surface area contributed by atoms with Crippen molar-refractivity contribution in [3.05, 3.63) is 0 Å². The van der Waals surface area contributed by atoms with Crippen LogP contribution in [0.25, 0.3) is 0 Å². The van der Waals surface area contributed by atoms with Crippen LogP contribution in [0.1, 0.15) is 39.5 Å². The van der Waals surface area contributed by atoms with Crippen molar-refractivity contribution in [3.63, 3.8) is 0 Å². The van der Waals surface area contributed by atoms with Crippen molar-refractivity contribution >= 4 is 11.8 Å². The van der Waals surface area contributed by atoms with E-state index >= 15 is 0 Å². The van der Waals surface area contributed by atoms with Gasteiger partial charge in [-0.2, -0.15) is 5.26 Å². The Morgan fingerprint density at radius 3 is 2.39 bits per heavy atom. The minimum Gasteiger partial charge on any atom is -0.354 e. The number of hydrogen-bond acceptors (Lipinski definition) is 3. The highest BCUT2D eigenvalue weighted by atomic mass is 16.2. The Bertz CT molecular complexity index is 352. The maximum atomic E-state index is 11.9. The molecule has 100 valence electrons. The standard InChI is InChI=1S/C13H21N3O2/c1-10(2)7-15-11(17)8-16-12(18)13(9-14)5-3-4-6-13/h10H,3-8H2,1-2H3,(H,15,17)(H,16,18). The lowest BCUT2D eigenvalue weighted by Gasteiger charge is -2.19. The molecule has 0 aromatic heterocycles. The normalized spacial score (nSPS) is 17.2. The largest absolute Gasteiger partial charge is 0.354 e. The Morgan fingerprint density at radius 2 is 1.89 bits per heavy atom. The fourth-order valence-corrected chi connectivity index (χ4v) is 2.08. The maximum absolute atomic E-state index is 11.9. The van der Waals surface area contributed by atoms with E-state index in [2.05, 4.69) is 16.7 Å². The summed E-state index contributed by atoms with van der Waals surface area (Å²) in [5.41, 5.74) is -0.904. The molecule has 1 fully saturated rings. The van der Waals surface area contributed by atoms with Crippen LogP contribution < -0.4 is 10.6 Å². The third-order valence-corrected chi connectivity index (χ3v) is 3.22. The van der Waals surface area contributed by atoms with Crippen molar-refractivity contribution in [1.29, 1.82) is 5.26 Å². The Balaban J connectivity index is 2.37. The summed E-state index contributed by atoms with van der Waals surface area (Å²) >= 11 is 0. The molecule has 5 nitrogen and oxygen atoms in total. The monoisotopic (exact) mass is 251 g/mol. The molecule has 1 saturated carbocycles. The topological polar surface area (TPSA) is 82.0 Å². The van der Waals surface area contributed by atoms with E-state index in [-0.39, 0.29) is 18.4 Å². The van der Waals surface area contributed by atoms with Crippen LogP contribution in [0.3, 0.4) is 0 Å². The van der Waals surface area contributed by atoms with Crippen LogP contribution in [0.15, 0.2) is 0 Å². The Labute approximate surface area is 108 Å². The molecule has 0 saturated heterocycles. The van der Waals surface area contributed by atoms with Gasteiger partial charge in [0.15, 0.2) is 0 Å². The molecule has 0 bridgehead atoms. The van der Waals surface area contributed by atoms with E-state index in [1.807, 2.05) is 13.8 Å². The van der Waals surface area contributed by atoms with Crippen LogP contribution in [0.4, 0.5) is 0 Å². The number of nitrogens with one attached hydrogen (secondary N) is 2. The second-order valence-electron chi connectivity index (χ2n) is 5.28. The molecule has 2 amide bonds. The zero-order valence-corrected chi connectivity index (χ0v) is 11.1. The number of amides is 2. The fraction of sp³-hybridized carbons (Fsp3) is 0.769. The van der Waals surface area contributed by atoms with E-state index in [1.165, 1.54) is 0 Å². The molecular formula is C13H21N3O2. The smallest absolute Gasteiger partial charge is 0.240 e. The minimum absolute atomic E-state index is 0.0466. The number of hydrogen-bond donors (Lipinski definition) is 2. The van der Waals surface area contributed by atoms with Gasteiger partial charge in [-0.25, -0.2) is 0 Å². The SMILES string of the molecule is CC(C)CNC(=O)CNC(=O)C1(C#N)CCCC1. The van der Waals surface area contributed by atoms with E-state index in [0.29, 0.717) is 25.3 Å². The van der Waals surface area contributed by atoms with Gasteiger partial charge in [0.05, 0.1) is 12.6 Å². The van der Waals surface area contributed by atoms with E-state index in [4.69, 9.17) is 5.26 Å². The van der Waals surface area contributed by atoms with Crippen LogP contribution in [0.2, 0.25) is 0 Å². The first kappa shape index (κ1) is 14.5. The van der Waals surface area contributed by atoms with Crippen molar-refractivity contribution in [2.24, 2.45) is 11.3 Å². The summed E-state index contributed by atoms with van der Waals surface area (Å²) in [6, 6.07) is 2.11. The second kappa shape index (κ2) is 6.39. The molecule has 0 radical (unpaired) electrons. The number of rotatable bonds is 5. The molecule has 0 aliphatic heterocycles. The van der Waals surface area contributed by atoms with E-state index < -0.39 is 5.41 Å². The van der Waals surface area contributed by atoms with E-state index in [1.54, 1.807) is 0 Å². The Hall–Kier alpha value is -1.57. The number of carbonyl (C=O) groups is 2. The summed E-state index contributed by atoms with van der Waals surface area (Å²) in [6.07, 6.45) is 3.01. The summed E-state index contributed by atoms with van der Waals surface area (Å²) in [6.45, 7) is 4.55. The average Bonchev–Trinajstić information content (AvgIpc) is 2.83. The predicted octanol–water partition coefficient (Wildman–Crippen LogP) is 0.959. The lowest BCUT2D eigenvalue weighted by molar-refractivity contribution is -0.130. The average molecular weight is 251 g/mol. The van der Waals surface area contributed by atoms with Crippen molar-refractivity contribution in [2.45, 2.75) is 39.5 Å². The van der Waals surface area contributed by atoms with Crippen LogP contribution in [-0.2, 0) is 9.59 Å². The molecule has 1 aliphatic rings. The van der Waals surface area contributed by atoms with Gasteiger partial charge in [0, 0.05) is 6.54 Å². The van der Waals surface area contributed by atoms with Crippen LogP contribution in [0, 0.1) is 22.7 Å². The molecule has 0 heterocycles. The Morgan fingerprint density at radius 1 is 1.28 bits per heavy atom. The van der Waals surface area contributed by atoms with Crippen molar-refractivity contribution in [1.82, 2.24) is 10.6 Å². The van der Waals surface area contributed by atoms with Gasteiger partial charge in [-0.3, -0.25) is 9.59 Å². The summed E-state index contributed by atoms with van der Waals surface area (Å²) in [5, 5.41) is 14.4. The van der Waals surface area contributed by atoms with Gasteiger partial charge >= 0.3 is 0 Å². The molecule has 0 spiro atoms. The third-order valence-electron chi connectivity index (χ3n) is 3.22. The molecule has 0 unspecified atom stereocenters. The van der Waals surface area contributed by atoms with Gasteiger partial charge in [0.1, 0.15) is 5.41 Å². The molecule has 18 heavy (non-hydrogen) atoms. The van der Waals surface area contributed by atoms with E-state index in [9.17, 15) is 9.59 Å². The zero-order valence-electron chi connectivity index (χ0n) is 11.1. The van der Waals surface area contributed by atoms with Crippen LogP contribution in [-0.4, -0.2) is 24.9 Å². The van der Waals surface area contributed by atoms with Gasteiger partial charge < -0.3 is 10.6 Å². The molecule has 0 aromatic rings. The maximum Gasteiger partial charge on any atom is 0.240 e. The molecule has 2 N–H and O–H groups in total. The predicted molar refractivity (Wildman–Crippen MR) is 67.4 cm³/mol. The lowest BCUT2D eigenvalue weighted by atomic mass is 9.87. The van der Waals surface area contributed by atoms with Crippen molar-refractivity contribution in [2.75, 3.05) is 13.1 Å². The first-order valence-corrected chi connectivity index (χ1v) is 6.46. The number of nitriles is 1. The molecule has 1 rings (SSSR count). The first-order chi connectivity index (χ1) is 8.50. The van der Waals surface area contributed by atoms with Gasteiger partial charge in [-0.15, -0.1) is 0 Å². The molecule has 0 atom stereocenters. The zero-order chi connectivity index (χ0) is 13.6. The van der Waals surface area contributed by atoms with Crippen molar-refractivity contribution in [3.8, 4) is 6.07 Å². The highest BCUT2D eigenvalue weighted by Crippen LogP contribution is 2.37. The number of carbonyl (C=O) groups excluding carboxylic acids is 2. The summed E-state index contributed by atoms with van der Waals surface area (Å²) in [4.78, 5) is 23.4. The lowest BCUT2D eigenvalue weighted by Crippen LogP contribution is -2.44. The van der Waals surface area contributed by atoms with Crippen LogP contribution in [0.5, 0.6) is 0 Å². The van der Waals surface area contributed by atoms with Gasteiger partial charge in [-0.05, 0) is 18.8 Å². The summed E-state index contributed by atoms with van der Waals surface area (Å²) in [5.74, 6) is -0.129. The molecule has 0 aromatic carbocycles. The van der Waals surface area contributed by atoms with Gasteiger partial charge in [0.2, 0.25) is 11.8 Å². The first-order valence-electron chi connectivity index (χ1n) is 6.46. The quantitative estimate of drug-likeness (QED) is 0.763. The molecular weight excluding hydrogens is 230 g/mol. The van der Waals surface area contributed by atoms with Gasteiger partial charge in [-0.1, -0.05) is 26.7 Å². The highest BCUT2D eigenvalue weighted by molar-refractivity contribution is 5.89. The molecule has 1 aliphatic carbocycles. The van der Waals surface area contributed by atoms with Crippen molar-refractivity contribution < 1.29 is 9.59 Å². The molecule has 5 heteroatoms. The minimum atomic E-state index is -0.904. The second-order valence-corrected chi connectivity index (χ2v) is 5.28. The number of nitrogens with zero attached hydrogens (tertiary/aromatic N) is 1. The fourth-order valence-electron chi connectivity index (χ4n) is 2.08. The van der Waals surface area contributed by atoms with Crippen LogP contribution >= 0.6 is 0 Å². The summed E-state index contributed by atoms with van der Waals surface area (Å²) in [7, 11) is 0. The highest BCUT2D eigenvalue weighted by Gasteiger charge is 2.41. The third kappa shape index (κ3) is 3.73. The summed E-state index contributed by atoms with van der Waals surface area (Å²) < 4.78 is 0. The Kier molecular flexibility index (Phi) is 5.14. The van der Waals surface area contributed by atoms with E-state index in [0.717, 1.165) is 12.8 Å².